The van der Waals surface area contributed by atoms with Crippen molar-refractivity contribution < 1.29 is 0 Å². The Bertz CT molecular complexity index is 437. The second-order valence-electron chi connectivity index (χ2n) is 10.5. The van der Waals surface area contributed by atoms with Gasteiger partial charge >= 0.3 is 0 Å². The number of hydrogen-bond acceptors (Lipinski definition) is 0. The van der Waals surface area contributed by atoms with Gasteiger partial charge < -0.3 is 0 Å². The van der Waals surface area contributed by atoms with Crippen LogP contribution in [0.15, 0.2) is 0 Å². The van der Waals surface area contributed by atoms with Gasteiger partial charge in [0.05, 0.1) is 0 Å². The van der Waals surface area contributed by atoms with Crippen LogP contribution < -0.4 is 0 Å². The fraction of sp³-hybridized carbons (Fsp3) is 0.960. The standard InChI is InChI=1S/C25H43/c1-4-7-13-24(14-9-15-24)23-18-22(20-10-8-11-20)25(23,12-5-2)21-16-19(6-3)17-21/h19-21,23H,4-18H2,1-3H3. The van der Waals surface area contributed by atoms with Crippen LogP contribution in [-0.2, 0) is 0 Å². The highest BCUT2D eigenvalue weighted by Gasteiger charge is 2.67. The summed E-state index contributed by atoms with van der Waals surface area (Å²) in [6, 6.07) is 0. The smallest absolute Gasteiger partial charge is 0.0139 e. The summed E-state index contributed by atoms with van der Waals surface area (Å²) in [7, 11) is 0. The summed E-state index contributed by atoms with van der Waals surface area (Å²) in [5.74, 6) is 6.39. The fourth-order valence-corrected chi connectivity index (χ4v) is 7.67. The third-order valence-electron chi connectivity index (χ3n) is 9.56. The molecule has 0 bridgehead atoms. The molecule has 143 valence electrons. The maximum atomic E-state index is 2.48. The Morgan fingerprint density at radius 1 is 0.920 bits per heavy atom. The van der Waals surface area contributed by atoms with E-state index in [2.05, 4.69) is 26.7 Å². The van der Waals surface area contributed by atoms with Gasteiger partial charge in [-0.15, -0.1) is 0 Å². The van der Waals surface area contributed by atoms with Crippen molar-refractivity contribution in [3.05, 3.63) is 5.92 Å². The molecule has 0 aliphatic heterocycles. The topological polar surface area (TPSA) is 0 Å². The lowest BCUT2D eigenvalue weighted by atomic mass is 9.32. The van der Waals surface area contributed by atoms with E-state index >= 15 is 0 Å². The van der Waals surface area contributed by atoms with Crippen LogP contribution in [-0.4, -0.2) is 0 Å². The molecule has 4 aliphatic carbocycles. The minimum Gasteiger partial charge on any atom is -0.0654 e. The summed E-state index contributed by atoms with van der Waals surface area (Å²) >= 11 is 0. The van der Waals surface area contributed by atoms with E-state index in [1.807, 2.05) is 0 Å². The molecule has 4 fully saturated rings. The zero-order chi connectivity index (χ0) is 17.5. The Labute approximate surface area is 157 Å². The molecule has 4 saturated carbocycles. The molecule has 2 unspecified atom stereocenters. The van der Waals surface area contributed by atoms with E-state index in [1.54, 1.807) is 57.8 Å². The van der Waals surface area contributed by atoms with E-state index in [1.165, 1.54) is 38.5 Å². The number of unbranched alkanes of at least 4 members (excludes halogenated alkanes) is 1. The minimum atomic E-state index is 0.708. The van der Waals surface area contributed by atoms with Crippen molar-refractivity contribution in [3.8, 4) is 0 Å². The predicted molar refractivity (Wildman–Crippen MR) is 108 cm³/mol. The van der Waals surface area contributed by atoms with Crippen LogP contribution in [0.2, 0.25) is 0 Å². The van der Waals surface area contributed by atoms with Crippen LogP contribution >= 0.6 is 0 Å². The molecule has 0 saturated heterocycles. The Balaban J connectivity index is 1.58. The first kappa shape index (κ1) is 18.4. The molecule has 0 aromatic carbocycles. The van der Waals surface area contributed by atoms with E-state index in [0.29, 0.717) is 5.41 Å². The van der Waals surface area contributed by atoms with Gasteiger partial charge in [0.2, 0.25) is 0 Å². The quantitative estimate of drug-likeness (QED) is 0.398. The molecule has 4 rings (SSSR count). The van der Waals surface area contributed by atoms with Gasteiger partial charge in [0.25, 0.3) is 0 Å². The fourth-order valence-electron chi connectivity index (χ4n) is 7.67. The summed E-state index contributed by atoms with van der Waals surface area (Å²) in [6.45, 7) is 7.30. The molecule has 2 atom stereocenters. The summed E-state index contributed by atoms with van der Waals surface area (Å²) in [4.78, 5) is 0. The van der Waals surface area contributed by atoms with Crippen LogP contribution in [0.3, 0.4) is 0 Å². The monoisotopic (exact) mass is 343 g/mol. The van der Waals surface area contributed by atoms with Crippen LogP contribution in [0.1, 0.15) is 117 Å². The maximum absolute atomic E-state index is 2.48. The third kappa shape index (κ3) is 2.75. The molecule has 0 heteroatoms. The summed E-state index contributed by atoms with van der Waals surface area (Å²) in [5, 5.41) is 0. The molecule has 0 heterocycles. The van der Waals surface area contributed by atoms with Gasteiger partial charge in [-0.3, -0.25) is 0 Å². The van der Waals surface area contributed by atoms with E-state index in [-0.39, 0.29) is 0 Å². The van der Waals surface area contributed by atoms with Crippen molar-refractivity contribution in [1.82, 2.24) is 0 Å². The Hall–Kier alpha value is 0. The van der Waals surface area contributed by atoms with E-state index in [0.717, 1.165) is 29.1 Å². The van der Waals surface area contributed by atoms with E-state index < -0.39 is 0 Å². The summed E-state index contributed by atoms with van der Waals surface area (Å²) in [5.41, 5.74) is 1.48. The SMILES string of the molecule is CCCCC1(C2C[C](C3CCC3)C2(CCC)C2CC(CC)C2)CCC1. The molecule has 1 radical (unpaired) electrons. The first-order valence-corrected chi connectivity index (χ1v) is 12.1. The highest BCUT2D eigenvalue weighted by Crippen LogP contribution is 2.76. The van der Waals surface area contributed by atoms with Gasteiger partial charge in [0.1, 0.15) is 0 Å². The second kappa shape index (κ2) is 7.20. The zero-order valence-corrected chi connectivity index (χ0v) is 17.4. The van der Waals surface area contributed by atoms with Crippen molar-refractivity contribution in [2.24, 2.45) is 34.5 Å². The first-order valence-electron chi connectivity index (χ1n) is 12.1. The van der Waals surface area contributed by atoms with Crippen LogP contribution in [0, 0.1) is 40.4 Å². The van der Waals surface area contributed by atoms with Crippen molar-refractivity contribution in [2.75, 3.05) is 0 Å². The summed E-state index contributed by atoms with van der Waals surface area (Å²) in [6.07, 6.45) is 22.8. The molecule has 0 amide bonds. The molecule has 25 heavy (non-hydrogen) atoms. The normalized spacial score (nSPS) is 40.7. The molecule has 0 aromatic heterocycles. The van der Waals surface area contributed by atoms with Crippen molar-refractivity contribution in [3.63, 3.8) is 0 Å². The molecule has 0 aromatic rings. The van der Waals surface area contributed by atoms with Crippen LogP contribution in [0.25, 0.3) is 0 Å². The van der Waals surface area contributed by atoms with Crippen LogP contribution in [0.4, 0.5) is 0 Å². The molecule has 0 N–H and O–H groups in total. The third-order valence-corrected chi connectivity index (χ3v) is 9.56. The van der Waals surface area contributed by atoms with Gasteiger partial charge in [-0.25, -0.2) is 0 Å². The average Bonchev–Trinajstić information content (AvgIpc) is 2.48. The molecule has 0 spiro atoms. The maximum Gasteiger partial charge on any atom is -0.0139 e. The molecule has 0 nitrogen and oxygen atoms in total. The largest absolute Gasteiger partial charge is 0.0654 e. The van der Waals surface area contributed by atoms with E-state index in [4.69, 9.17) is 0 Å². The second-order valence-corrected chi connectivity index (χ2v) is 10.5. The average molecular weight is 344 g/mol. The number of hydrogen-bond donors (Lipinski definition) is 0. The van der Waals surface area contributed by atoms with E-state index in [9.17, 15) is 0 Å². The zero-order valence-electron chi connectivity index (χ0n) is 17.4. The van der Waals surface area contributed by atoms with Gasteiger partial charge in [-0.05, 0) is 98.2 Å². The Kier molecular flexibility index (Phi) is 5.29. The molecular weight excluding hydrogens is 300 g/mol. The summed E-state index contributed by atoms with van der Waals surface area (Å²) < 4.78 is 0. The Morgan fingerprint density at radius 2 is 1.68 bits per heavy atom. The van der Waals surface area contributed by atoms with Crippen LogP contribution in [0.5, 0.6) is 0 Å². The molecular formula is C25H43. The lowest BCUT2D eigenvalue weighted by molar-refractivity contribution is -0.167. The van der Waals surface area contributed by atoms with Gasteiger partial charge in [-0.2, -0.15) is 0 Å². The number of rotatable bonds is 9. The van der Waals surface area contributed by atoms with Crippen molar-refractivity contribution >= 4 is 0 Å². The predicted octanol–water partition coefficient (Wildman–Crippen LogP) is 7.96. The molecule has 4 aliphatic rings. The lowest BCUT2D eigenvalue weighted by Gasteiger charge is -2.72. The van der Waals surface area contributed by atoms with Crippen molar-refractivity contribution in [1.29, 1.82) is 0 Å². The minimum absolute atomic E-state index is 0.708. The Morgan fingerprint density at radius 3 is 2.16 bits per heavy atom. The van der Waals surface area contributed by atoms with Gasteiger partial charge in [0, 0.05) is 0 Å². The van der Waals surface area contributed by atoms with Gasteiger partial charge in [0.15, 0.2) is 0 Å². The highest BCUT2D eigenvalue weighted by atomic mass is 14.7. The first-order chi connectivity index (χ1) is 12.2. The highest BCUT2D eigenvalue weighted by molar-refractivity contribution is 5.30. The van der Waals surface area contributed by atoms with Crippen molar-refractivity contribution in [2.45, 2.75) is 117 Å². The lowest BCUT2D eigenvalue weighted by Crippen LogP contribution is -2.64. The van der Waals surface area contributed by atoms with Gasteiger partial charge in [-0.1, -0.05) is 59.3 Å².